The molecule has 0 aromatic heterocycles. The summed E-state index contributed by atoms with van der Waals surface area (Å²) in [6.07, 6.45) is 1.44. The lowest BCUT2D eigenvalue weighted by molar-refractivity contribution is -0.132. The van der Waals surface area contributed by atoms with Crippen molar-refractivity contribution >= 4 is 17.6 Å². The molecule has 0 spiro atoms. The van der Waals surface area contributed by atoms with Crippen LogP contribution in [-0.2, 0) is 27.2 Å². The number of benzene rings is 2. The maximum Gasteiger partial charge on any atom is 0.243 e. The number of halogens is 1. The van der Waals surface area contributed by atoms with Crippen LogP contribution in [0.15, 0.2) is 60.7 Å². The third-order valence-corrected chi connectivity index (χ3v) is 4.96. The first-order chi connectivity index (χ1) is 14.9. The van der Waals surface area contributed by atoms with E-state index >= 15 is 0 Å². The Morgan fingerprint density at radius 2 is 1.42 bits per heavy atom. The van der Waals surface area contributed by atoms with E-state index in [1.807, 2.05) is 74.5 Å². The van der Waals surface area contributed by atoms with Gasteiger partial charge in [-0.25, -0.2) is 4.39 Å². The van der Waals surface area contributed by atoms with Gasteiger partial charge in [-0.15, -0.1) is 0 Å². The Bertz CT molecular complexity index is 840. The van der Waals surface area contributed by atoms with Crippen LogP contribution < -0.4 is 10.6 Å². The molecular weight excluding hydrogens is 395 g/mol. The van der Waals surface area contributed by atoms with Crippen LogP contribution in [0.2, 0.25) is 0 Å². The van der Waals surface area contributed by atoms with E-state index in [1.165, 1.54) is 0 Å². The quantitative estimate of drug-likeness (QED) is 0.546. The molecule has 0 fully saturated rings. The van der Waals surface area contributed by atoms with Crippen molar-refractivity contribution in [3.05, 3.63) is 71.8 Å². The van der Waals surface area contributed by atoms with E-state index in [4.69, 9.17) is 0 Å². The lowest BCUT2D eigenvalue weighted by atomic mass is 9.99. The van der Waals surface area contributed by atoms with Crippen molar-refractivity contribution in [3.63, 3.8) is 0 Å². The maximum atomic E-state index is 13.1. The number of amides is 2. The fourth-order valence-electron chi connectivity index (χ4n) is 3.33. The Hall–Kier alpha value is -3.02. The number of carbonyl (C=O) groups excluding carboxylic acids is 3. The van der Waals surface area contributed by atoms with Gasteiger partial charge in [-0.05, 0) is 36.3 Å². The number of rotatable bonds is 12. The molecule has 0 saturated carbocycles. The highest BCUT2D eigenvalue weighted by Crippen LogP contribution is 2.09. The van der Waals surface area contributed by atoms with Crippen LogP contribution >= 0.6 is 0 Å². The molecule has 0 radical (unpaired) electrons. The Kier molecular flexibility index (Phi) is 9.88. The SMILES string of the molecule is CC(C)C[C@H](NC(=O)CCc1ccccc1)C(=O)NC(Cc1ccccc1)C(=O)CF. The molecule has 166 valence electrons. The number of alkyl halides is 1. The number of hydrogen-bond acceptors (Lipinski definition) is 3. The monoisotopic (exact) mass is 426 g/mol. The minimum absolute atomic E-state index is 0.148. The van der Waals surface area contributed by atoms with Crippen LogP contribution in [0.5, 0.6) is 0 Å². The average molecular weight is 427 g/mol. The van der Waals surface area contributed by atoms with Crippen LogP contribution in [0.1, 0.15) is 37.8 Å². The van der Waals surface area contributed by atoms with Gasteiger partial charge in [0, 0.05) is 6.42 Å². The Morgan fingerprint density at radius 1 is 0.839 bits per heavy atom. The van der Waals surface area contributed by atoms with Gasteiger partial charge in [0.2, 0.25) is 11.8 Å². The minimum Gasteiger partial charge on any atom is -0.344 e. The van der Waals surface area contributed by atoms with Gasteiger partial charge >= 0.3 is 0 Å². The van der Waals surface area contributed by atoms with Gasteiger partial charge in [-0.3, -0.25) is 14.4 Å². The maximum absolute atomic E-state index is 13.1. The number of aryl methyl sites for hydroxylation is 1. The Labute approximate surface area is 183 Å². The van der Waals surface area contributed by atoms with Crippen molar-refractivity contribution in [2.24, 2.45) is 5.92 Å². The van der Waals surface area contributed by atoms with Gasteiger partial charge in [0.1, 0.15) is 12.7 Å². The number of ketones is 1. The predicted octanol–water partition coefficient (Wildman–Crippen LogP) is 3.42. The molecule has 2 aromatic carbocycles. The first-order valence-electron chi connectivity index (χ1n) is 10.6. The summed E-state index contributed by atoms with van der Waals surface area (Å²) in [6.45, 7) is 2.74. The molecule has 0 aliphatic heterocycles. The van der Waals surface area contributed by atoms with Gasteiger partial charge in [0.25, 0.3) is 0 Å². The zero-order valence-electron chi connectivity index (χ0n) is 18.1. The summed E-state index contributed by atoms with van der Waals surface area (Å²) in [6, 6.07) is 17.0. The van der Waals surface area contributed by atoms with Gasteiger partial charge < -0.3 is 10.6 Å². The molecule has 0 saturated heterocycles. The summed E-state index contributed by atoms with van der Waals surface area (Å²) >= 11 is 0. The molecule has 2 N–H and O–H groups in total. The van der Waals surface area contributed by atoms with E-state index in [-0.39, 0.29) is 24.7 Å². The second-order valence-corrected chi connectivity index (χ2v) is 8.09. The minimum atomic E-state index is -1.16. The van der Waals surface area contributed by atoms with Crippen molar-refractivity contribution in [1.82, 2.24) is 10.6 Å². The first-order valence-corrected chi connectivity index (χ1v) is 10.6. The molecule has 0 aliphatic carbocycles. The molecular formula is C25H31FN2O3. The number of carbonyl (C=O) groups is 3. The van der Waals surface area contributed by atoms with Gasteiger partial charge in [-0.1, -0.05) is 74.5 Å². The second-order valence-electron chi connectivity index (χ2n) is 8.09. The fraction of sp³-hybridized carbons (Fsp3) is 0.400. The molecule has 0 heterocycles. The Morgan fingerprint density at radius 3 is 1.97 bits per heavy atom. The summed E-state index contributed by atoms with van der Waals surface area (Å²) < 4.78 is 13.1. The molecule has 2 atom stereocenters. The van der Waals surface area contributed by atoms with Crippen LogP contribution in [0.3, 0.4) is 0 Å². The lowest BCUT2D eigenvalue weighted by Gasteiger charge is -2.23. The van der Waals surface area contributed by atoms with Gasteiger partial charge in [0.15, 0.2) is 5.78 Å². The van der Waals surface area contributed by atoms with Crippen molar-refractivity contribution in [2.75, 3.05) is 6.67 Å². The molecule has 2 amide bonds. The summed E-state index contributed by atoms with van der Waals surface area (Å²) in [7, 11) is 0. The fourth-order valence-corrected chi connectivity index (χ4v) is 3.33. The van der Waals surface area contributed by atoms with Crippen LogP contribution in [-0.4, -0.2) is 36.4 Å². The third kappa shape index (κ3) is 8.70. The zero-order chi connectivity index (χ0) is 22.6. The standard InChI is InChI=1S/C25H31FN2O3/c1-18(2)15-22(27-24(30)14-13-19-9-5-3-6-10-19)25(31)28-21(23(29)17-26)16-20-11-7-4-8-12-20/h3-12,18,21-22H,13-17H2,1-2H3,(H,27,30)(H,28,31)/t21?,22-/m0/s1. The first kappa shape index (κ1) is 24.3. The summed E-state index contributed by atoms with van der Waals surface area (Å²) in [5.74, 6) is -1.24. The summed E-state index contributed by atoms with van der Waals surface area (Å²) in [5, 5.41) is 5.45. The molecule has 0 aliphatic rings. The van der Waals surface area contributed by atoms with E-state index in [1.54, 1.807) is 0 Å². The number of Topliss-reactive ketones (excluding diaryl/α,β-unsaturated/α-hetero) is 1. The van der Waals surface area contributed by atoms with E-state index in [9.17, 15) is 18.8 Å². The van der Waals surface area contributed by atoms with Crippen molar-refractivity contribution in [3.8, 4) is 0 Å². The molecule has 1 unspecified atom stereocenters. The lowest BCUT2D eigenvalue weighted by Crippen LogP contribution is -2.53. The predicted molar refractivity (Wildman–Crippen MR) is 119 cm³/mol. The molecule has 6 heteroatoms. The van der Waals surface area contributed by atoms with E-state index in [0.29, 0.717) is 12.8 Å². The van der Waals surface area contributed by atoms with E-state index in [2.05, 4.69) is 10.6 Å². The largest absolute Gasteiger partial charge is 0.344 e. The highest BCUT2D eigenvalue weighted by molar-refractivity contribution is 5.93. The Balaban J connectivity index is 2.01. The molecule has 2 aromatic rings. The van der Waals surface area contributed by atoms with Crippen LogP contribution in [0.25, 0.3) is 0 Å². The number of nitrogens with one attached hydrogen (secondary N) is 2. The highest BCUT2D eigenvalue weighted by Gasteiger charge is 2.27. The van der Waals surface area contributed by atoms with Gasteiger partial charge in [0.05, 0.1) is 6.04 Å². The summed E-state index contributed by atoms with van der Waals surface area (Å²) in [4.78, 5) is 37.5. The highest BCUT2D eigenvalue weighted by atomic mass is 19.1. The van der Waals surface area contributed by atoms with E-state index < -0.39 is 30.4 Å². The summed E-state index contributed by atoms with van der Waals surface area (Å²) in [5.41, 5.74) is 1.86. The zero-order valence-corrected chi connectivity index (χ0v) is 18.1. The molecule has 2 rings (SSSR count). The van der Waals surface area contributed by atoms with Gasteiger partial charge in [-0.2, -0.15) is 0 Å². The van der Waals surface area contributed by atoms with E-state index in [0.717, 1.165) is 11.1 Å². The molecule has 5 nitrogen and oxygen atoms in total. The second kappa shape index (κ2) is 12.6. The van der Waals surface area contributed by atoms with Crippen LogP contribution in [0, 0.1) is 5.92 Å². The topological polar surface area (TPSA) is 75.3 Å². The average Bonchev–Trinajstić information content (AvgIpc) is 2.77. The smallest absolute Gasteiger partial charge is 0.243 e. The van der Waals surface area contributed by atoms with Crippen molar-refractivity contribution in [2.45, 2.75) is 51.6 Å². The number of hydrogen-bond donors (Lipinski definition) is 2. The van der Waals surface area contributed by atoms with Crippen LogP contribution in [0.4, 0.5) is 4.39 Å². The van der Waals surface area contributed by atoms with Crippen molar-refractivity contribution in [1.29, 1.82) is 0 Å². The molecule has 0 bridgehead atoms. The third-order valence-electron chi connectivity index (χ3n) is 4.96. The van der Waals surface area contributed by atoms with Crippen molar-refractivity contribution < 1.29 is 18.8 Å². The molecule has 31 heavy (non-hydrogen) atoms. The normalized spacial score (nSPS) is 12.8.